The van der Waals surface area contributed by atoms with Gasteiger partial charge < -0.3 is 25.4 Å². The number of ether oxygens (including phenoxy) is 2. The number of nitrogens with zero attached hydrogens (tertiary/aromatic N) is 4. The molecule has 0 saturated heterocycles. The van der Waals surface area contributed by atoms with Crippen LogP contribution in [0.25, 0.3) is 0 Å². The predicted molar refractivity (Wildman–Crippen MR) is 108 cm³/mol. The summed E-state index contributed by atoms with van der Waals surface area (Å²) >= 11 is 0. The molecule has 8 nitrogen and oxygen atoms in total. The van der Waals surface area contributed by atoms with Crippen LogP contribution in [-0.2, 0) is 0 Å². The third-order valence-electron chi connectivity index (χ3n) is 4.08. The SMILES string of the molecule is COc1cc(Nc2nc(N(C)c3cccc(C#N)c3)ncc2N)cc(OC)c1. The second kappa shape index (κ2) is 8.14. The number of nitrogen functional groups attached to an aromatic ring is 1. The number of rotatable bonds is 6. The first-order chi connectivity index (χ1) is 13.5. The van der Waals surface area contributed by atoms with Crippen LogP contribution in [0, 0.1) is 11.3 Å². The van der Waals surface area contributed by atoms with Crippen molar-refractivity contribution in [1.29, 1.82) is 5.26 Å². The van der Waals surface area contributed by atoms with Crippen LogP contribution in [0.2, 0.25) is 0 Å². The Labute approximate surface area is 163 Å². The van der Waals surface area contributed by atoms with Gasteiger partial charge in [0.1, 0.15) is 11.5 Å². The molecule has 3 N–H and O–H groups in total. The van der Waals surface area contributed by atoms with Crippen LogP contribution < -0.4 is 25.4 Å². The summed E-state index contributed by atoms with van der Waals surface area (Å²) in [5.74, 6) is 2.16. The number of methoxy groups -OCH3 is 2. The molecule has 142 valence electrons. The van der Waals surface area contributed by atoms with Gasteiger partial charge in [0, 0.05) is 36.6 Å². The molecule has 0 aliphatic carbocycles. The van der Waals surface area contributed by atoms with Crippen molar-refractivity contribution in [1.82, 2.24) is 9.97 Å². The minimum atomic E-state index is 0.393. The van der Waals surface area contributed by atoms with Gasteiger partial charge >= 0.3 is 0 Å². The lowest BCUT2D eigenvalue weighted by atomic mass is 10.2. The van der Waals surface area contributed by atoms with E-state index in [1.165, 1.54) is 6.20 Å². The van der Waals surface area contributed by atoms with Crippen molar-refractivity contribution in [3.63, 3.8) is 0 Å². The van der Waals surface area contributed by atoms with Crippen LogP contribution in [-0.4, -0.2) is 31.2 Å². The van der Waals surface area contributed by atoms with Crippen molar-refractivity contribution in [3.8, 4) is 17.6 Å². The summed E-state index contributed by atoms with van der Waals surface area (Å²) < 4.78 is 10.6. The number of nitriles is 1. The third-order valence-corrected chi connectivity index (χ3v) is 4.08. The highest BCUT2D eigenvalue weighted by Crippen LogP contribution is 2.30. The van der Waals surface area contributed by atoms with E-state index in [1.807, 2.05) is 31.3 Å². The molecule has 0 saturated carbocycles. The van der Waals surface area contributed by atoms with Crippen LogP contribution in [0.5, 0.6) is 11.5 Å². The Morgan fingerprint density at radius 3 is 2.46 bits per heavy atom. The van der Waals surface area contributed by atoms with Gasteiger partial charge in [0.15, 0.2) is 5.82 Å². The molecule has 0 radical (unpaired) electrons. The summed E-state index contributed by atoms with van der Waals surface area (Å²) in [6, 6.07) is 14.7. The van der Waals surface area contributed by atoms with Gasteiger partial charge in [-0.25, -0.2) is 4.98 Å². The minimum Gasteiger partial charge on any atom is -0.497 e. The maximum Gasteiger partial charge on any atom is 0.231 e. The van der Waals surface area contributed by atoms with Crippen molar-refractivity contribution in [2.45, 2.75) is 0 Å². The average Bonchev–Trinajstić information content (AvgIpc) is 2.74. The van der Waals surface area contributed by atoms with Crippen molar-refractivity contribution in [2.75, 3.05) is 37.2 Å². The van der Waals surface area contributed by atoms with Crippen molar-refractivity contribution in [2.24, 2.45) is 0 Å². The van der Waals surface area contributed by atoms with Gasteiger partial charge in [0.2, 0.25) is 5.95 Å². The van der Waals surface area contributed by atoms with Crippen LogP contribution in [0.1, 0.15) is 5.56 Å². The monoisotopic (exact) mass is 376 g/mol. The predicted octanol–water partition coefficient (Wildman–Crippen LogP) is 3.46. The van der Waals surface area contributed by atoms with Gasteiger partial charge in [0.05, 0.1) is 37.7 Å². The summed E-state index contributed by atoms with van der Waals surface area (Å²) in [4.78, 5) is 10.6. The second-order valence-corrected chi connectivity index (χ2v) is 5.92. The summed E-state index contributed by atoms with van der Waals surface area (Å²) in [6.45, 7) is 0. The van der Waals surface area contributed by atoms with E-state index in [-0.39, 0.29) is 0 Å². The Balaban J connectivity index is 1.92. The molecule has 1 heterocycles. The van der Waals surface area contributed by atoms with E-state index in [0.29, 0.717) is 40.2 Å². The Bertz CT molecular complexity index is 1010. The van der Waals surface area contributed by atoms with Crippen molar-refractivity contribution >= 4 is 28.8 Å². The van der Waals surface area contributed by atoms with E-state index >= 15 is 0 Å². The number of hydrogen-bond acceptors (Lipinski definition) is 8. The number of nitrogens with one attached hydrogen (secondary N) is 1. The highest BCUT2D eigenvalue weighted by Gasteiger charge is 2.12. The fourth-order valence-electron chi connectivity index (χ4n) is 2.56. The fraction of sp³-hybridized carbons (Fsp3) is 0.150. The molecule has 0 fully saturated rings. The Kier molecular flexibility index (Phi) is 5.46. The number of benzene rings is 2. The zero-order valence-corrected chi connectivity index (χ0v) is 15.8. The summed E-state index contributed by atoms with van der Waals surface area (Å²) in [5, 5.41) is 12.3. The molecule has 8 heteroatoms. The Hall–Kier alpha value is -3.99. The minimum absolute atomic E-state index is 0.393. The van der Waals surface area contributed by atoms with E-state index in [1.54, 1.807) is 37.3 Å². The molecule has 0 spiro atoms. The summed E-state index contributed by atoms with van der Waals surface area (Å²) in [7, 11) is 4.99. The largest absolute Gasteiger partial charge is 0.497 e. The van der Waals surface area contributed by atoms with Gasteiger partial charge in [-0.15, -0.1) is 0 Å². The maximum atomic E-state index is 9.10. The Morgan fingerprint density at radius 1 is 1.11 bits per heavy atom. The highest BCUT2D eigenvalue weighted by atomic mass is 16.5. The maximum absolute atomic E-state index is 9.10. The third kappa shape index (κ3) is 4.04. The zero-order valence-electron chi connectivity index (χ0n) is 15.8. The average molecular weight is 376 g/mol. The molecule has 0 atom stereocenters. The first-order valence-electron chi connectivity index (χ1n) is 8.40. The molecule has 3 aromatic rings. The van der Waals surface area contributed by atoms with Crippen molar-refractivity contribution < 1.29 is 9.47 Å². The number of nitrogens with two attached hydrogens (primary N) is 1. The van der Waals surface area contributed by atoms with Gasteiger partial charge in [-0.2, -0.15) is 10.2 Å². The summed E-state index contributed by atoms with van der Waals surface area (Å²) in [6.07, 6.45) is 1.53. The van der Waals surface area contributed by atoms with E-state index in [9.17, 15) is 0 Å². The lowest BCUT2D eigenvalue weighted by Gasteiger charge is -2.19. The normalized spacial score (nSPS) is 10.1. The second-order valence-electron chi connectivity index (χ2n) is 5.92. The van der Waals surface area contributed by atoms with Gasteiger partial charge in [-0.05, 0) is 18.2 Å². The quantitative estimate of drug-likeness (QED) is 0.673. The van der Waals surface area contributed by atoms with Crippen LogP contribution >= 0.6 is 0 Å². The first-order valence-corrected chi connectivity index (χ1v) is 8.40. The number of anilines is 5. The molecule has 0 amide bonds. The molecule has 3 rings (SSSR count). The van der Waals surface area contributed by atoms with E-state index in [4.69, 9.17) is 20.5 Å². The van der Waals surface area contributed by atoms with Gasteiger partial charge in [-0.3, -0.25) is 0 Å². The molecule has 0 aliphatic heterocycles. The topological polar surface area (TPSA) is 109 Å². The molecule has 1 aromatic heterocycles. The first kappa shape index (κ1) is 18.8. The van der Waals surface area contributed by atoms with Crippen LogP contribution in [0.4, 0.5) is 28.8 Å². The standard InChI is InChI=1S/C20H20N6O2/c1-26(15-6-4-5-13(7-15)11-21)20-23-12-18(22)19(25-20)24-14-8-16(27-2)10-17(9-14)28-3/h4-10,12H,22H2,1-3H3,(H,23,24,25). The smallest absolute Gasteiger partial charge is 0.231 e. The van der Waals surface area contributed by atoms with E-state index < -0.39 is 0 Å². The molecule has 28 heavy (non-hydrogen) atoms. The van der Waals surface area contributed by atoms with E-state index in [0.717, 1.165) is 5.69 Å². The number of hydrogen-bond donors (Lipinski definition) is 2. The fourth-order valence-corrected chi connectivity index (χ4v) is 2.56. The highest BCUT2D eigenvalue weighted by molar-refractivity contribution is 5.72. The molecule has 0 unspecified atom stereocenters. The summed E-state index contributed by atoms with van der Waals surface area (Å²) in [5.41, 5.74) is 8.50. The molecular formula is C20H20N6O2. The molecule has 0 bridgehead atoms. The molecule has 2 aromatic carbocycles. The lowest BCUT2D eigenvalue weighted by Crippen LogP contribution is -2.14. The number of aromatic nitrogens is 2. The van der Waals surface area contributed by atoms with Crippen LogP contribution in [0.15, 0.2) is 48.7 Å². The Morgan fingerprint density at radius 2 is 1.82 bits per heavy atom. The lowest BCUT2D eigenvalue weighted by molar-refractivity contribution is 0.395. The van der Waals surface area contributed by atoms with E-state index in [2.05, 4.69) is 21.4 Å². The van der Waals surface area contributed by atoms with Crippen LogP contribution in [0.3, 0.4) is 0 Å². The van der Waals surface area contributed by atoms with Gasteiger partial charge in [0.25, 0.3) is 0 Å². The molecular weight excluding hydrogens is 356 g/mol. The van der Waals surface area contributed by atoms with Gasteiger partial charge in [-0.1, -0.05) is 6.07 Å². The molecule has 0 aliphatic rings. The van der Waals surface area contributed by atoms with Crippen molar-refractivity contribution in [3.05, 3.63) is 54.2 Å². The zero-order chi connectivity index (χ0) is 20.1.